The number of rotatable bonds is 11. The maximum absolute atomic E-state index is 14.5. The molecule has 0 spiro atoms. The Morgan fingerprint density at radius 2 is 1.82 bits per heavy atom. The fraction of sp³-hybridized carbons (Fsp3) is 0.310. The van der Waals surface area contributed by atoms with Gasteiger partial charge in [-0.3, -0.25) is 14.4 Å². The van der Waals surface area contributed by atoms with Crippen molar-refractivity contribution in [2.75, 3.05) is 29.9 Å². The van der Waals surface area contributed by atoms with E-state index in [0.29, 0.717) is 73.8 Å². The smallest absolute Gasteiger partial charge is 0.416 e. The van der Waals surface area contributed by atoms with E-state index in [-0.39, 0.29) is 47.2 Å². The van der Waals surface area contributed by atoms with Crippen molar-refractivity contribution in [2.45, 2.75) is 64.9 Å². The molecule has 0 saturated carbocycles. The first kappa shape index (κ1) is 40.3. The lowest BCUT2D eigenvalue weighted by Gasteiger charge is -2.35. The Morgan fingerprint density at radius 1 is 1.03 bits per heavy atom. The molecule has 0 aliphatic carbocycles. The molecular weight excluding hydrogens is 803 g/mol. The molecule has 2 amide bonds. The van der Waals surface area contributed by atoms with Gasteiger partial charge in [0.2, 0.25) is 11.7 Å². The number of aromatic nitrogens is 6. The Hall–Kier alpha value is -6.49. The van der Waals surface area contributed by atoms with Gasteiger partial charge in [-0.05, 0) is 73.7 Å². The SMILES string of the molecule is CCc1c(N2CCC(NC(=O)c3ncnc(C)c3OCc3ccccc3)CC2)c(=O)n2nc(-c3ccc4c(c3)CCO4)nc2n1CC(=O)Nc1ccc(C(F)(F)F)cc1Cl. The van der Waals surface area contributed by atoms with E-state index < -0.39 is 29.1 Å². The Bertz CT molecular complexity index is 2660. The van der Waals surface area contributed by atoms with Gasteiger partial charge in [0.15, 0.2) is 17.3 Å². The summed E-state index contributed by atoms with van der Waals surface area (Å²) >= 11 is 6.18. The van der Waals surface area contributed by atoms with Crippen molar-refractivity contribution in [1.82, 2.24) is 34.4 Å². The zero-order valence-corrected chi connectivity index (χ0v) is 33.3. The second kappa shape index (κ2) is 16.6. The van der Waals surface area contributed by atoms with E-state index in [4.69, 9.17) is 26.1 Å². The van der Waals surface area contributed by atoms with E-state index in [9.17, 15) is 27.6 Å². The molecule has 2 aliphatic heterocycles. The van der Waals surface area contributed by atoms with Gasteiger partial charge >= 0.3 is 6.18 Å². The first-order chi connectivity index (χ1) is 28.9. The van der Waals surface area contributed by atoms with E-state index in [1.807, 2.05) is 54.3 Å². The van der Waals surface area contributed by atoms with Crippen LogP contribution in [0.15, 0.2) is 77.9 Å². The predicted molar refractivity (Wildman–Crippen MR) is 217 cm³/mol. The summed E-state index contributed by atoms with van der Waals surface area (Å²) in [7, 11) is 0. The highest BCUT2D eigenvalue weighted by Gasteiger charge is 2.32. The number of hydrogen-bond acceptors (Lipinski definition) is 10. The quantitative estimate of drug-likeness (QED) is 0.149. The number of halogens is 4. The van der Waals surface area contributed by atoms with Crippen LogP contribution in [0.25, 0.3) is 17.2 Å². The minimum Gasteiger partial charge on any atom is -0.493 e. The summed E-state index contributed by atoms with van der Waals surface area (Å²) < 4.78 is 54.4. The number of carbonyl (C=O) groups excluding carboxylic acids is 2. The molecular formula is C42H39ClF3N9O5. The molecule has 1 saturated heterocycles. The summed E-state index contributed by atoms with van der Waals surface area (Å²) in [6.45, 7) is 4.76. The minimum absolute atomic E-state index is 0.0105. The monoisotopic (exact) mass is 841 g/mol. The van der Waals surface area contributed by atoms with Gasteiger partial charge < -0.3 is 29.6 Å². The van der Waals surface area contributed by atoms with E-state index >= 15 is 0 Å². The van der Waals surface area contributed by atoms with Crippen molar-refractivity contribution in [3.8, 4) is 22.9 Å². The van der Waals surface area contributed by atoms with Crippen molar-refractivity contribution in [3.63, 3.8) is 0 Å². The van der Waals surface area contributed by atoms with Crippen LogP contribution < -0.4 is 30.6 Å². The van der Waals surface area contributed by atoms with Crippen molar-refractivity contribution >= 4 is 40.6 Å². The van der Waals surface area contributed by atoms with Gasteiger partial charge in [-0.15, -0.1) is 5.10 Å². The maximum Gasteiger partial charge on any atom is 0.416 e. The number of ether oxygens (including phenoxy) is 2. The van der Waals surface area contributed by atoms with E-state index in [2.05, 4.69) is 25.7 Å². The number of nitrogens with zero attached hydrogens (tertiary/aromatic N) is 7. The van der Waals surface area contributed by atoms with Gasteiger partial charge in [0.05, 0.1) is 34.3 Å². The summed E-state index contributed by atoms with van der Waals surface area (Å²) in [5, 5.41) is 10.0. The number of benzene rings is 3. The summed E-state index contributed by atoms with van der Waals surface area (Å²) in [5.41, 5.74) is 2.61. The molecule has 5 heterocycles. The van der Waals surface area contributed by atoms with Gasteiger partial charge in [0.1, 0.15) is 30.9 Å². The highest BCUT2D eigenvalue weighted by Crippen LogP contribution is 2.34. The number of hydrogen-bond donors (Lipinski definition) is 2. The molecule has 2 aliphatic rings. The summed E-state index contributed by atoms with van der Waals surface area (Å²) in [4.78, 5) is 56.9. The highest BCUT2D eigenvalue weighted by atomic mass is 35.5. The molecule has 3 aromatic carbocycles. The number of piperidine rings is 1. The van der Waals surface area contributed by atoms with Gasteiger partial charge in [-0.25, -0.2) is 9.97 Å². The first-order valence-corrected chi connectivity index (χ1v) is 19.7. The third-order valence-electron chi connectivity index (χ3n) is 10.5. The van der Waals surface area contributed by atoms with Crippen LogP contribution in [0.2, 0.25) is 5.02 Å². The number of alkyl halides is 3. The zero-order chi connectivity index (χ0) is 42.1. The van der Waals surface area contributed by atoms with Crippen LogP contribution in [0.4, 0.5) is 24.5 Å². The zero-order valence-electron chi connectivity index (χ0n) is 32.6. The summed E-state index contributed by atoms with van der Waals surface area (Å²) in [6, 6.07) is 17.5. The summed E-state index contributed by atoms with van der Waals surface area (Å²) in [5.74, 6) is 0.397. The normalized spacial score (nSPS) is 14.2. The average molecular weight is 842 g/mol. The van der Waals surface area contributed by atoms with E-state index in [1.165, 1.54) is 10.8 Å². The molecule has 6 aromatic rings. The minimum atomic E-state index is -4.62. The molecule has 2 N–H and O–H groups in total. The standard InChI is InChI=1S/C42H39ClF3N9O5/c1-3-32-36(53-16-13-29(14-17-53)49-39(57)35-37(24(2)47-23-48-35)60-22-25-7-5-4-6-8-25)40(58)55-41(51-38(52-55)27-9-12-33-26(19-27)15-18-59-33)54(32)21-34(56)50-31-11-10-28(20-30(31)43)42(44,45)46/h4-12,19-20,23,29H,3,13-18,21-22H2,1-2H3,(H,49,57)(H,50,56). The molecule has 0 unspecified atom stereocenters. The Labute approximate surface area is 346 Å². The number of carbonyl (C=O) groups is 2. The van der Waals surface area contributed by atoms with Crippen LogP contribution in [0.5, 0.6) is 11.5 Å². The Kier molecular flexibility index (Phi) is 11.2. The highest BCUT2D eigenvalue weighted by molar-refractivity contribution is 6.33. The molecule has 18 heteroatoms. The average Bonchev–Trinajstić information content (AvgIpc) is 3.90. The lowest BCUT2D eigenvalue weighted by molar-refractivity contribution is -0.137. The Balaban J connectivity index is 1.07. The molecule has 14 nitrogen and oxygen atoms in total. The predicted octanol–water partition coefficient (Wildman–Crippen LogP) is 6.44. The lowest BCUT2D eigenvalue weighted by atomic mass is 10.0. The molecule has 0 atom stereocenters. The van der Waals surface area contributed by atoms with Gasteiger partial charge in [-0.1, -0.05) is 48.9 Å². The van der Waals surface area contributed by atoms with Gasteiger partial charge in [0, 0.05) is 31.1 Å². The molecule has 8 rings (SSSR count). The van der Waals surface area contributed by atoms with Gasteiger partial charge in [0.25, 0.3) is 11.5 Å². The molecule has 0 radical (unpaired) electrons. The van der Waals surface area contributed by atoms with E-state index in [1.54, 1.807) is 17.6 Å². The first-order valence-electron chi connectivity index (χ1n) is 19.4. The van der Waals surface area contributed by atoms with Crippen LogP contribution in [0, 0.1) is 6.92 Å². The third kappa shape index (κ3) is 8.21. The van der Waals surface area contributed by atoms with Crippen molar-refractivity contribution < 1.29 is 32.2 Å². The van der Waals surface area contributed by atoms with E-state index in [0.717, 1.165) is 35.1 Å². The topological polar surface area (TPSA) is 158 Å². The molecule has 0 bridgehead atoms. The van der Waals surface area contributed by atoms with Gasteiger partial charge in [-0.2, -0.15) is 22.7 Å². The second-order valence-electron chi connectivity index (χ2n) is 14.5. The van der Waals surface area contributed by atoms with Crippen LogP contribution >= 0.6 is 11.6 Å². The number of nitrogens with one attached hydrogen (secondary N) is 2. The fourth-order valence-corrected chi connectivity index (χ4v) is 7.76. The fourth-order valence-electron chi connectivity index (χ4n) is 7.53. The second-order valence-corrected chi connectivity index (χ2v) is 14.9. The third-order valence-corrected chi connectivity index (χ3v) is 10.9. The van der Waals surface area contributed by atoms with Crippen LogP contribution in [0.1, 0.15) is 58.3 Å². The molecule has 60 heavy (non-hydrogen) atoms. The number of fused-ring (bicyclic) bond motifs is 2. The molecule has 310 valence electrons. The van der Waals surface area contributed by atoms with Crippen molar-refractivity contribution in [3.05, 3.63) is 122 Å². The number of anilines is 2. The largest absolute Gasteiger partial charge is 0.493 e. The van der Waals surface area contributed by atoms with Crippen molar-refractivity contribution in [1.29, 1.82) is 0 Å². The Morgan fingerprint density at radius 3 is 2.55 bits per heavy atom. The summed E-state index contributed by atoms with van der Waals surface area (Å²) in [6.07, 6.45) is -1.33. The number of aryl methyl sites for hydroxylation is 1. The lowest BCUT2D eigenvalue weighted by Crippen LogP contribution is -2.47. The van der Waals surface area contributed by atoms with Crippen LogP contribution in [-0.2, 0) is 37.0 Å². The van der Waals surface area contributed by atoms with Crippen LogP contribution in [-0.4, -0.2) is 66.7 Å². The molecule has 1 fully saturated rings. The number of amides is 2. The van der Waals surface area contributed by atoms with Crippen molar-refractivity contribution in [2.24, 2.45) is 0 Å². The maximum atomic E-state index is 14.5. The molecule has 3 aromatic heterocycles. The van der Waals surface area contributed by atoms with Crippen LogP contribution in [0.3, 0.4) is 0 Å².